The van der Waals surface area contributed by atoms with Crippen LogP contribution in [-0.2, 0) is 11.2 Å². The maximum absolute atomic E-state index is 13.2. The lowest BCUT2D eigenvalue weighted by molar-refractivity contribution is -0.121. The standard InChI is InChI=1S/C17H18F2N2O/c1-12(14-5-6-15(18)16(19)9-14)10-21-17(22)7-4-13-3-2-8-20-11-13/h2-3,5-6,8-9,11-12H,4,7,10H2,1H3,(H,21,22)/t12-/m0/s1. The third-order valence-electron chi connectivity index (χ3n) is 3.48. The molecule has 0 aliphatic rings. The van der Waals surface area contributed by atoms with Crippen LogP contribution in [0.4, 0.5) is 8.78 Å². The van der Waals surface area contributed by atoms with Crippen molar-refractivity contribution in [1.29, 1.82) is 0 Å². The van der Waals surface area contributed by atoms with Crippen LogP contribution in [0, 0.1) is 11.6 Å². The summed E-state index contributed by atoms with van der Waals surface area (Å²) in [6, 6.07) is 7.56. The van der Waals surface area contributed by atoms with Crippen molar-refractivity contribution in [2.75, 3.05) is 6.54 Å². The lowest BCUT2D eigenvalue weighted by Gasteiger charge is -2.13. The highest BCUT2D eigenvalue weighted by atomic mass is 19.2. The number of rotatable bonds is 6. The summed E-state index contributed by atoms with van der Waals surface area (Å²) < 4.78 is 26.1. The molecular formula is C17H18F2N2O. The number of carbonyl (C=O) groups excluding carboxylic acids is 1. The van der Waals surface area contributed by atoms with E-state index in [1.807, 2.05) is 19.1 Å². The van der Waals surface area contributed by atoms with E-state index in [1.165, 1.54) is 12.1 Å². The van der Waals surface area contributed by atoms with Gasteiger partial charge in [0.25, 0.3) is 0 Å². The second kappa shape index (κ2) is 7.64. The van der Waals surface area contributed by atoms with Crippen molar-refractivity contribution < 1.29 is 13.6 Å². The van der Waals surface area contributed by atoms with Crippen LogP contribution >= 0.6 is 0 Å². The van der Waals surface area contributed by atoms with Gasteiger partial charge in [0.2, 0.25) is 5.91 Å². The molecule has 0 spiro atoms. The largest absolute Gasteiger partial charge is 0.355 e. The molecule has 22 heavy (non-hydrogen) atoms. The highest BCUT2D eigenvalue weighted by Gasteiger charge is 2.11. The van der Waals surface area contributed by atoms with E-state index in [4.69, 9.17) is 0 Å². The van der Waals surface area contributed by atoms with Gasteiger partial charge >= 0.3 is 0 Å². The highest BCUT2D eigenvalue weighted by Crippen LogP contribution is 2.17. The van der Waals surface area contributed by atoms with Crippen molar-refractivity contribution in [2.45, 2.75) is 25.7 Å². The zero-order valence-electron chi connectivity index (χ0n) is 12.4. The Morgan fingerprint density at radius 1 is 1.27 bits per heavy atom. The van der Waals surface area contributed by atoms with Crippen LogP contribution in [0.3, 0.4) is 0 Å². The minimum atomic E-state index is -0.868. The summed E-state index contributed by atoms with van der Waals surface area (Å²) in [5.74, 6) is -1.89. The number of halogens is 2. The molecule has 1 atom stereocenters. The van der Waals surface area contributed by atoms with Gasteiger partial charge in [-0.15, -0.1) is 0 Å². The monoisotopic (exact) mass is 304 g/mol. The number of carbonyl (C=O) groups is 1. The molecule has 116 valence electrons. The van der Waals surface area contributed by atoms with Crippen LogP contribution in [0.5, 0.6) is 0 Å². The van der Waals surface area contributed by atoms with Gasteiger partial charge in [0, 0.05) is 25.4 Å². The number of amides is 1. The Morgan fingerprint density at radius 2 is 2.09 bits per heavy atom. The van der Waals surface area contributed by atoms with E-state index >= 15 is 0 Å². The number of nitrogens with zero attached hydrogens (tertiary/aromatic N) is 1. The third-order valence-corrected chi connectivity index (χ3v) is 3.48. The molecule has 0 saturated heterocycles. The normalized spacial score (nSPS) is 12.0. The fraction of sp³-hybridized carbons (Fsp3) is 0.294. The molecule has 1 aromatic heterocycles. The van der Waals surface area contributed by atoms with Crippen molar-refractivity contribution in [3.8, 4) is 0 Å². The van der Waals surface area contributed by atoms with Crippen LogP contribution in [-0.4, -0.2) is 17.4 Å². The summed E-state index contributed by atoms with van der Waals surface area (Å²) in [6.45, 7) is 2.24. The van der Waals surface area contributed by atoms with Gasteiger partial charge in [-0.2, -0.15) is 0 Å². The summed E-state index contributed by atoms with van der Waals surface area (Å²) in [7, 11) is 0. The highest BCUT2D eigenvalue weighted by molar-refractivity contribution is 5.76. The quantitative estimate of drug-likeness (QED) is 0.890. The number of aromatic nitrogens is 1. The van der Waals surface area contributed by atoms with Crippen molar-refractivity contribution >= 4 is 5.91 Å². The molecule has 2 aromatic rings. The third kappa shape index (κ3) is 4.62. The second-order valence-electron chi connectivity index (χ2n) is 5.24. The molecule has 0 bridgehead atoms. The van der Waals surface area contributed by atoms with E-state index in [9.17, 15) is 13.6 Å². The molecule has 1 amide bonds. The Morgan fingerprint density at radius 3 is 2.77 bits per heavy atom. The average molecular weight is 304 g/mol. The van der Waals surface area contributed by atoms with Crippen molar-refractivity contribution in [1.82, 2.24) is 10.3 Å². The zero-order valence-corrected chi connectivity index (χ0v) is 12.4. The number of nitrogens with one attached hydrogen (secondary N) is 1. The van der Waals surface area contributed by atoms with E-state index in [1.54, 1.807) is 12.4 Å². The van der Waals surface area contributed by atoms with Crippen LogP contribution in [0.1, 0.15) is 30.4 Å². The number of hydrogen-bond donors (Lipinski definition) is 1. The molecule has 1 heterocycles. The molecule has 0 radical (unpaired) electrons. The summed E-state index contributed by atoms with van der Waals surface area (Å²) in [5, 5.41) is 2.81. The summed E-state index contributed by atoms with van der Waals surface area (Å²) in [5.41, 5.74) is 1.66. The van der Waals surface area contributed by atoms with Gasteiger partial charge in [-0.25, -0.2) is 8.78 Å². The average Bonchev–Trinajstić information content (AvgIpc) is 2.54. The van der Waals surface area contributed by atoms with E-state index in [0.717, 1.165) is 11.6 Å². The predicted molar refractivity (Wildman–Crippen MR) is 80.3 cm³/mol. The first-order chi connectivity index (χ1) is 10.6. The first kappa shape index (κ1) is 16.1. The first-order valence-electron chi connectivity index (χ1n) is 7.17. The van der Waals surface area contributed by atoms with E-state index in [2.05, 4.69) is 10.3 Å². The molecule has 0 unspecified atom stereocenters. The molecule has 0 aliphatic heterocycles. The van der Waals surface area contributed by atoms with E-state index in [-0.39, 0.29) is 11.8 Å². The summed E-state index contributed by atoms with van der Waals surface area (Å²) >= 11 is 0. The molecule has 1 aromatic carbocycles. The van der Waals surface area contributed by atoms with Gasteiger partial charge < -0.3 is 5.32 Å². The topological polar surface area (TPSA) is 42.0 Å². The van der Waals surface area contributed by atoms with Gasteiger partial charge in [-0.3, -0.25) is 9.78 Å². The maximum atomic E-state index is 13.2. The number of aryl methyl sites for hydroxylation is 1. The van der Waals surface area contributed by atoms with Gasteiger partial charge in [0.15, 0.2) is 11.6 Å². The lowest BCUT2D eigenvalue weighted by Crippen LogP contribution is -2.27. The molecule has 2 rings (SSSR count). The number of benzene rings is 1. The van der Waals surface area contributed by atoms with Crippen LogP contribution in [0.25, 0.3) is 0 Å². The maximum Gasteiger partial charge on any atom is 0.220 e. The SMILES string of the molecule is C[C@@H](CNC(=O)CCc1cccnc1)c1ccc(F)c(F)c1. The lowest BCUT2D eigenvalue weighted by atomic mass is 10.0. The van der Waals surface area contributed by atoms with Gasteiger partial charge in [0.05, 0.1) is 0 Å². The molecule has 1 N–H and O–H groups in total. The molecule has 0 saturated carbocycles. The fourth-order valence-electron chi connectivity index (χ4n) is 2.10. The minimum absolute atomic E-state index is 0.0710. The summed E-state index contributed by atoms with van der Waals surface area (Å²) in [4.78, 5) is 15.8. The Balaban J connectivity index is 1.79. The van der Waals surface area contributed by atoms with Crippen molar-refractivity contribution in [3.63, 3.8) is 0 Å². The molecule has 3 nitrogen and oxygen atoms in total. The van der Waals surface area contributed by atoms with E-state index in [0.29, 0.717) is 24.9 Å². The van der Waals surface area contributed by atoms with Crippen LogP contribution in [0.2, 0.25) is 0 Å². The first-order valence-corrected chi connectivity index (χ1v) is 7.17. The second-order valence-corrected chi connectivity index (χ2v) is 5.24. The number of pyridine rings is 1. The number of hydrogen-bond acceptors (Lipinski definition) is 2. The van der Waals surface area contributed by atoms with Gasteiger partial charge in [0.1, 0.15) is 0 Å². The molecule has 5 heteroatoms. The Kier molecular flexibility index (Phi) is 5.58. The smallest absolute Gasteiger partial charge is 0.220 e. The fourth-order valence-corrected chi connectivity index (χ4v) is 2.10. The van der Waals surface area contributed by atoms with Crippen molar-refractivity contribution in [3.05, 3.63) is 65.5 Å². The van der Waals surface area contributed by atoms with Gasteiger partial charge in [-0.05, 0) is 41.7 Å². The van der Waals surface area contributed by atoms with Crippen LogP contribution < -0.4 is 5.32 Å². The zero-order chi connectivity index (χ0) is 15.9. The summed E-state index contributed by atoms with van der Waals surface area (Å²) in [6.07, 6.45) is 4.42. The molecular weight excluding hydrogens is 286 g/mol. The van der Waals surface area contributed by atoms with Crippen LogP contribution in [0.15, 0.2) is 42.7 Å². The van der Waals surface area contributed by atoms with E-state index < -0.39 is 11.6 Å². The predicted octanol–water partition coefficient (Wildman–Crippen LogP) is 3.21. The molecule has 0 fully saturated rings. The Hall–Kier alpha value is -2.30. The minimum Gasteiger partial charge on any atom is -0.355 e. The van der Waals surface area contributed by atoms with Crippen molar-refractivity contribution in [2.24, 2.45) is 0 Å². The Labute approximate surface area is 128 Å². The van der Waals surface area contributed by atoms with Gasteiger partial charge in [-0.1, -0.05) is 19.1 Å². The Bertz CT molecular complexity index is 632. The molecule has 0 aliphatic carbocycles.